The first-order valence-electron chi connectivity index (χ1n) is 9.33. The topological polar surface area (TPSA) is 84.9 Å². The maximum Gasteiger partial charge on any atom is 0.269 e. The molecule has 0 aromatic carbocycles. The fourth-order valence-electron chi connectivity index (χ4n) is 3.03. The number of nitrogens with zero attached hydrogens (tertiary/aromatic N) is 4. The fourth-order valence-corrected chi connectivity index (χ4v) is 3.03. The molecule has 1 saturated heterocycles. The molecule has 8 heteroatoms. The van der Waals surface area contributed by atoms with Gasteiger partial charge >= 0.3 is 0 Å². The molecule has 1 aromatic heterocycles. The number of pyridine rings is 1. The number of hydrogen-bond acceptors (Lipinski definition) is 6. The van der Waals surface area contributed by atoms with E-state index >= 15 is 0 Å². The summed E-state index contributed by atoms with van der Waals surface area (Å²) in [5.74, 6) is 1.25. The number of rotatable bonds is 5. The summed E-state index contributed by atoms with van der Waals surface area (Å²) < 4.78 is 0. The average Bonchev–Trinajstić information content (AvgIpc) is 3.17. The van der Waals surface area contributed by atoms with E-state index in [9.17, 15) is 4.79 Å². The number of aromatic nitrogens is 1. The Hall–Kier alpha value is -3.13. The number of amidine groups is 1. The van der Waals surface area contributed by atoms with Gasteiger partial charge in [0, 0.05) is 64.7 Å². The molecule has 8 nitrogen and oxygen atoms in total. The lowest BCUT2D eigenvalue weighted by atomic mass is 10.3. The van der Waals surface area contributed by atoms with Crippen molar-refractivity contribution < 1.29 is 4.79 Å². The van der Waals surface area contributed by atoms with Crippen molar-refractivity contribution in [2.75, 3.05) is 50.5 Å². The number of carbonyl (C=O) groups is 1. The first-order chi connectivity index (χ1) is 13.6. The number of allylic oxidation sites excluding steroid dienone is 1. The van der Waals surface area contributed by atoms with Crippen LogP contribution in [0.2, 0.25) is 0 Å². The Morgan fingerprint density at radius 3 is 2.79 bits per heavy atom. The second kappa shape index (κ2) is 9.18. The van der Waals surface area contributed by atoms with Gasteiger partial charge in [-0.1, -0.05) is 6.58 Å². The van der Waals surface area contributed by atoms with Crippen molar-refractivity contribution >= 4 is 23.2 Å². The molecule has 1 aromatic rings. The lowest BCUT2D eigenvalue weighted by Crippen LogP contribution is -2.43. The fraction of sp³-hybridized carbons (Fsp3) is 0.350. The normalized spacial score (nSPS) is 18.5. The highest BCUT2D eigenvalue weighted by Gasteiger charge is 2.18. The molecule has 1 fully saturated rings. The van der Waals surface area contributed by atoms with E-state index in [1.165, 1.54) is 6.20 Å². The second-order valence-electron chi connectivity index (χ2n) is 6.78. The van der Waals surface area contributed by atoms with E-state index in [4.69, 9.17) is 0 Å². The minimum absolute atomic E-state index is 0.0521. The molecular formula is C20H27N7O. The molecule has 0 saturated carbocycles. The molecule has 0 spiro atoms. The van der Waals surface area contributed by atoms with E-state index in [0.717, 1.165) is 37.6 Å². The summed E-state index contributed by atoms with van der Waals surface area (Å²) in [4.78, 5) is 24.7. The van der Waals surface area contributed by atoms with E-state index in [0.29, 0.717) is 23.8 Å². The lowest BCUT2D eigenvalue weighted by Gasteiger charge is -2.29. The molecule has 1 amide bonds. The second-order valence-corrected chi connectivity index (χ2v) is 6.78. The van der Waals surface area contributed by atoms with E-state index in [-0.39, 0.29) is 5.91 Å². The summed E-state index contributed by atoms with van der Waals surface area (Å²) in [6.45, 7) is 7.62. The van der Waals surface area contributed by atoms with Gasteiger partial charge in [0.2, 0.25) is 0 Å². The van der Waals surface area contributed by atoms with E-state index < -0.39 is 0 Å². The van der Waals surface area contributed by atoms with Gasteiger partial charge in [-0.15, -0.1) is 0 Å². The monoisotopic (exact) mass is 381 g/mol. The summed E-state index contributed by atoms with van der Waals surface area (Å²) in [5.41, 5.74) is 2.57. The van der Waals surface area contributed by atoms with E-state index in [1.54, 1.807) is 19.0 Å². The Morgan fingerprint density at radius 2 is 2.14 bits per heavy atom. The zero-order valence-electron chi connectivity index (χ0n) is 16.4. The molecule has 2 aliphatic heterocycles. The minimum atomic E-state index is -0.0521. The summed E-state index contributed by atoms with van der Waals surface area (Å²) in [6, 6.07) is 4.00. The van der Waals surface area contributed by atoms with Crippen molar-refractivity contribution in [1.82, 2.24) is 20.5 Å². The number of piperazine rings is 1. The summed E-state index contributed by atoms with van der Waals surface area (Å²) in [5, 5.41) is 9.69. The van der Waals surface area contributed by atoms with Crippen LogP contribution in [0.5, 0.6) is 0 Å². The predicted octanol–water partition coefficient (Wildman–Crippen LogP) is 1.29. The molecule has 3 heterocycles. The van der Waals surface area contributed by atoms with Crippen molar-refractivity contribution in [3.63, 3.8) is 0 Å². The number of hydrogen-bond donors (Lipinski definition) is 3. The maximum atomic E-state index is 12.0. The number of nitrogens with one attached hydrogen (secondary N) is 3. The molecule has 0 aliphatic carbocycles. The molecule has 0 unspecified atom stereocenters. The van der Waals surface area contributed by atoms with Gasteiger partial charge in [-0.2, -0.15) is 0 Å². The molecule has 3 N–H and O–H groups in total. The molecule has 0 bridgehead atoms. The zero-order chi connectivity index (χ0) is 19.9. The lowest BCUT2D eigenvalue weighted by molar-refractivity contribution is -0.125. The first-order valence-corrected chi connectivity index (χ1v) is 9.33. The Balaban J connectivity index is 1.65. The Bertz CT molecular complexity index is 802. The number of aliphatic imine (C=N–C) groups is 1. The number of likely N-dealkylation sites (N-methyl/N-ethyl adjacent to an activating group) is 1. The van der Waals surface area contributed by atoms with Gasteiger partial charge in [0.05, 0.1) is 11.9 Å². The number of anilines is 2. The summed E-state index contributed by atoms with van der Waals surface area (Å²) >= 11 is 0. The Labute approximate surface area is 165 Å². The highest BCUT2D eigenvalue weighted by Crippen LogP contribution is 2.17. The van der Waals surface area contributed by atoms with Crippen LogP contribution in [0.25, 0.3) is 0 Å². The average molecular weight is 381 g/mol. The molecule has 0 radical (unpaired) electrons. The summed E-state index contributed by atoms with van der Waals surface area (Å²) in [7, 11) is 3.46. The highest BCUT2D eigenvalue weighted by molar-refractivity contribution is 6.04. The SMILES string of the molecule is C=CN=C(/C=C1\CC=C(C(=O)N(C)C)N1)Nc1ccc(N2CCNCC2)cn1. The van der Waals surface area contributed by atoms with Crippen LogP contribution in [0.15, 0.2) is 59.6 Å². The van der Waals surface area contributed by atoms with Gasteiger partial charge in [-0.05, 0) is 18.2 Å². The number of amides is 1. The molecule has 3 rings (SSSR count). The largest absolute Gasteiger partial charge is 0.368 e. The van der Waals surface area contributed by atoms with Crippen molar-refractivity contribution in [3.8, 4) is 0 Å². The minimum Gasteiger partial charge on any atom is -0.368 e. The van der Waals surface area contributed by atoms with Crippen molar-refractivity contribution in [2.45, 2.75) is 6.42 Å². The van der Waals surface area contributed by atoms with Gasteiger partial charge in [0.15, 0.2) is 0 Å². The van der Waals surface area contributed by atoms with Crippen molar-refractivity contribution in [2.24, 2.45) is 4.99 Å². The van der Waals surface area contributed by atoms with Gasteiger partial charge in [-0.25, -0.2) is 9.98 Å². The Morgan fingerprint density at radius 1 is 1.36 bits per heavy atom. The van der Waals surface area contributed by atoms with Crippen LogP contribution in [-0.4, -0.2) is 61.9 Å². The molecule has 28 heavy (non-hydrogen) atoms. The predicted molar refractivity (Wildman–Crippen MR) is 113 cm³/mol. The van der Waals surface area contributed by atoms with Crippen molar-refractivity contribution in [3.05, 3.63) is 54.7 Å². The van der Waals surface area contributed by atoms with E-state index in [2.05, 4.69) is 43.5 Å². The molecule has 148 valence electrons. The van der Waals surface area contributed by atoms with Crippen LogP contribution in [0.3, 0.4) is 0 Å². The van der Waals surface area contributed by atoms with Gasteiger partial charge in [-0.3, -0.25) is 4.79 Å². The smallest absolute Gasteiger partial charge is 0.269 e. The standard InChI is InChI=1S/C20H27N7O/c1-4-22-19(13-15-5-7-17(24-15)20(28)26(2)3)25-18-8-6-16(14-23-18)27-11-9-21-10-12-27/h4,6-8,13-14,21,24H,1,5,9-12H2,2-3H3,(H,22,23,25)/b15-13+. The van der Waals surface area contributed by atoms with Crippen LogP contribution in [-0.2, 0) is 4.79 Å². The van der Waals surface area contributed by atoms with Crippen LogP contribution in [0, 0.1) is 0 Å². The summed E-state index contributed by atoms with van der Waals surface area (Å²) in [6.07, 6.45) is 7.72. The van der Waals surface area contributed by atoms with Crippen LogP contribution in [0.4, 0.5) is 11.5 Å². The maximum absolute atomic E-state index is 12.0. The van der Waals surface area contributed by atoms with E-state index in [1.807, 2.05) is 24.4 Å². The van der Waals surface area contributed by atoms with Crippen LogP contribution >= 0.6 is 0 Å². The molecule has 0 atom stereocenters. The van der Waals surface area contributed by atoms with Gasteiger partial charge < -0.3 is 25.8 Å². The van der Waals surface area contributed by atoms with Gasteiger partial charge in [0.1, 0.15) is 17.4 Å². The van der Waals surface area contributed by atoms with Crippen molar-refractivity contribution in [1.29, 1.82) is 0 Å². The van der Waals surface area contributed by atoms with Gasteiger partial charge in [0.25, 0.3) is 5.91 Å². The Kier molecular flexibility index (Phi) is 6.44. The highest BCUT2D eigenvalue weighted by atomic mass is 16.2. The first kappa shape index (κ1) is 19.6. The third-order valence-electron chi connectivity index (χ3n) is 4.49. The zero-order valence-corrected chi connectivity index (χ0v) is 16.4. The van der Waals surface area contributed by atoms with Crippen LogP contribution in [0.1, 0.15) is 6.42 Å². The molecule has 2 aliphatic rings. The number of carbonyl (C=O) groups excluding carboxylic acids is 1. The third kappa shape index (κ3) is 4.98. The third-order valence-corrected chi connectivity index (χ3v) is 4.49. The van der Waals surface area contributed by atoms with Crippen LogP contribution < -0.4 is 20.9 Å². The molecular weight excluding hydrogens is 354 g/mol. The quantitative estimate of drug-likeness (QED) is 0.527.